The van der Waals surface area contributed by atoms with E-state index in [1.54, 1.807) is 33.2 Å². The quantitative estimate of drug-likeness (QED) is 0.360. The van der Waals surface area contributed by atoms with Crippen molar-refractivity contribution in [2.75, 3.05) is 46.9 Å². The predicted octanol–water partition coefficient (Wildman–Crippen LogP) is 2.78. The SMILES string of the molecule is CN=C(NCc1ccc(C)c(F)c1)NCC1CCN(CCOC)CC1.I. The van der Waals surface area contributed by atoms with Crippen LogP contribution in [0.3, 0.4) is 0 Å². The largest absolute Gasteiger partial charge is 0.383 e. The second kappa shape index (κ2) is 12.5. The number of halogens is 2. The Bertz CT molecular complexity index is 562. The number of hydrogen-bond acceptors (Lipinski definition) is 3. The number of hydrogen-bond donors (Lipinski definition) is 2. The second-order valence-corrected chi connectivity index (χ2v) is 6.67. The summed E-state index contributed by atoms with van der Waals surface area (Å²) in [6.45, 7) is 7.33. The number of ether oxygens (including phenoxy) is 1. The minimum Gasteiger partial charge on any atom is -0.383 e. The summed E-state index contributed by atoms with van der Waals surface area (Å²) in [6, 6.07) is 5.32. The summed E-state index contributed by atoms with van der Waals surface area (Å²) in [6.07, 6.45) is 2.38. The highest BCUT2D eigenvalue weighted by atomic mass is 127. The van der Waals surface area contributed by atoms with Crippen LogP contribution in [-0.4, -0.2) is 57.8 Å². The molecule has 1 aliphatic heterocycles. The lowest BCUT2D eigenvalue weighted by molar-refractivity contribution is 0.121. The topological polar surface area (TPSA) is 48.9 Å². The number of likely N-dealkylation sites (tertiary alicyclic amines) is 1. The number of piperidine rings is 1. The van der Waals surface area contributed by atoms with Crippen molar-refractivity contribution in [1.29, 1.82) is 0 Å². The molecule has 0 unspecified atom stereocenters. The van der Waals surface area contributed by atoms with Crippen LogP contribution < -0.4 is 10.6 Å². The average molecular weight is 478 g/mol. The molecule has 0 radical (unpaired) electrons. The van der Waals surface area contributed by atoms with Gasteiger partial charge in [0.15, 0.2) is 5.96 Å². The summed E-state index contributed by atoms with van der Waals surface area (Å²) in [4.78, 5) is 6.71. The number of methoxy groups -OCH3 is 1. The third kappa shape index (κ3) is 7.75. The van der Waals surface area contributed by atoms with Gasteiger partial charge in [-0.3, -0.25) is 4.99 Å². The van der Waals surface area contributed by atoms with Crippen LogP contribution >= 0.6 is 24.0 Å². The van der Waals surface area contributed by atoms with Gasteiger partial charge in [-0.1, -0.05) is 12.1 Å². The van der Waals surface area contributed by atoms with Crippen molar-refractivity contribution in [3.63, 3.8) is 0 Å². The molecule has 26 heavy (non-hydrogen) atoms. The van der Waals surface area contributed by atoms with Crippen LogP contribution in [0.15, 0.2) is 23.2 Å². The molecule has 5 nitrogen and oxygen atoms in total. The van der Waals surface area contributed by atoms with Crippen LogP contribution in [-0.2, 0) is 11.3 Å². The van der Waals surface area contributed by atoms with Gasteiger partial charge in [0.05, 0.1) is 6.61 Å². The Labute approximate surface area is 173 Å². The van der Waals surface area contributed by atoms with E-state index in [-0.39, 0.29) is 29.8 Å². The van der Waals surface area contributed by atoms with Gasteiger partial charge >= 0.3 is 0 Å². The summed E-state index contributed by atoms with van der Waals surface area (Å²) in [5, 5.41) is 6.65. The van der Waals surface area contributed by atoms with Gasteiger partial charge in [0.25, 0.3) is 0 Å². The fourth-order valence-electron chi connectivity index (χ4n) is 3.03. The van der Waals surface area contributed by atoms with Crippen LogP contribution in [0.5, 0.6) is 0 Å². The molecule has 1 aromatic rings. The lowest BCUT2D eigenvalue weighted by Gasteiger charge is -2.32. The molecule has 2 N–H and O–H groups in total. The Morgan fingerprint density at radius 2 is 2.04 bits per heavy atom. The van der Waals surface area contributed by atoms with Crippen LogP contribution in [0.4, 0.5) is 4.39 Å². The Morgan fingerprint density at radius 1 is 1.31 bits per heavy atom. The van der Waals surface area contributed by atoms with Crippen molar-refractivity contribution in [2.45, 2.75) is 26.3 Å². The smallest absolute Gasteiger partial charge is 0.191 e. The van der Waals surface area contributed by atoms with E-state index in [1.165, 1.54) is 12.8 Å². The van der Waals surface area contributed by atoms with Gasteiger partial charge in [-0.15, -0.1) is 24.0 Å². The van der Waals surface area contributed by atoms with Crippen LogP contribution in [0.25, 0.3) is 0 Å². The molecule has 7 heteroatoms. The Balaban J connectivity index is 0.00000338. The van der Waals surface area contributed by atoms with Crippen molar-refractivity contribution in [3.05, 3.63) is 35.1 Å². The first-order chi connectivity index (χ1) is 12.1. The molecule has 0 atom stereocenters. The molecule has 0 spiro atoms. The molecule has 0 amide bonds. The number of benzene rings is 1. The lowest BCUT2D eigenvalue weighted by Crippen LogP contribution is -2.43. The Hall–Kier alpha value is -0.930. The molecule has 0 aromatic heterocycles. The summed E-state index contributed by atoms with van der Waals surface area (Å²) in [5.41, 5.74) is 1.58. The lowest BCUT2D eigenvalue weighted by atomic mass is 9.97. The van der Waals surface area contributed by atoms with Crippen molar-refractivity contribution in [1.82, 2.24) is 15.5 Å². The van der Waals surface area contributed by atoms with Gasteiger partial charge < -0.3 is 20.3 Å². The zero-order chi connectivity index (χ0) is 18.1. The number of rotatable bonds is 7. The molecule has 1 saturated heterocycles. The monoisotopic (exact) mass is 478 g/mol. The number of guanidine groups is 1. The average Bonchev–Trinajstić information content (AvgIpc) is 2.64. The zero-order valence-corrected chi connectivity index (χ0v) is 18.4. The van der Waals surface area contributed by atoms with Crippen LogP contribution in [0, 0.1) is 18.7 Å². The summed E-state index contributed by atoms with van der Waals surface area (Å²) < 4.78 is 18.7. The summed E-state index contributed by atoms with van der Waals surface area (Å²) in [7, 11) is 3.51. The fraction of sp³-hybridized carbons (Fsp3) is 0.632. The molecule has 0 saturated carbocycles. The highest BCUT2D eigenvalue weighted by Crippen LogP contribution is 2.16. The molecule has 1 fully saturated rings. The fourth-order valence-corrected chi connectivity index (χ4v) is 3.03. The molecule has 1 aromatic carbocycles. The van der Waals surface area contributed by atoms with E-state index in [1.807, 2.05) is 6.07 Å². The highest BCUT2D eigenvalue weighted by molar-refractivity contribution is 14.0. The molecule has 2 rings (SSSR count). The Kier molecular flexibility index (Phi) is 11.1. The normalized spacial score (nSPS) is 16.2. The van der Waals surface area contributed by atoms with E-state index in [0.29, 0.717) is 18.0 Å². The third-order valence-electron chi connectivity index (χ3n) is 4.80. The van der Waals surface area contributed by atoms with Crippen molar-refractivity contribution >= 4 is 29.9 Å². The zero-order valence-electron chi connectivity index (χ0n) is 16.1. The molecular formula is C19H32FIN4O. The van der Waals surface area contributed by atoms with E-state index in [0.717, 1.165) is 44.3 Å². The maximum absolute atomic E-state index is 13.6. The van der Waals surface area contributed by atoms with Gasteiger partial charge in [-0.25, -0.2) is 4.39 Å². The first-order valence-corrected chi connectivity index (χ1v) is 9.03. The van der Waals surface area contributed by atoms with Crippen LogP contribution in [0.1, 0.15) is 24.0 Å². The predicted molar refractivity (Wildman–Crippen MR) is 116 cm³/mol. The third-order valence-corrected chi connectivity index (χ3v) is 4.80. The van der Waals surface area contributed by atoms with Crippen molar-refractivity contribution < 1.29 is 9.13 Å². The Morgan fingerprint density at radius 3 is 2.65 bits per heavy atom. The molecule has 1 aliphatic rings. The van der Waals surface area contributed by atoms with E-state index < -0.39 is 0 Å². The van der Waals surface area contributed by atoms with Crippen LogP contribution in [0.2, 0.25) is 0 Å². The van der Waals surface area contributed by atoms with Gasteiger partial charge in [0, 0.05) is 33.8 Å². The number of aryl methyl sites for hydroxylation is 1. The van der Waals surface area contributed by atoms with E-state index >= 15 is 0 Å². The van der Waals surface area contributed by atoms with Gasteiger partial charge in [-0.2, -0.15) is 0 Å². The summed E-state index contributed by atoms with van der Waals surface area (Å²) in [5.74, 6) is 1.26. The number of nitrogens with one attached hydrogen (secondary N) is 2. The number of nitrogens with zero attached hydrogens (tertiary/aromatic N) is 2. The minimum absolute atomic E-state index is 0. The maximum atomic E-state index is 13.6. The molecule has 148 valence electrons. The maximum Gasteiger partial charge on any atom is 0.191 e. The second-order valence-electron chi connectivity index (χ2n) is 6.67. The van der Waals surface area contributed by atoms with E-state index in [2.05, 4.69) is 20.5 Å². The minimum atomic E-state index is -0.164. The molecule has 0 bridgehead atoms. The molecular weight excluding hydrogens is 446 g/mol. The van der Waals surface area contributed by atoms with Crippen molar-refractivity contribution in [2.24, 2.45) is 10.9 Å². The van der Waals surface area contributed by atoms with E-state index in [9.17, 15) is 4.39 Å². The number of aliphatic imine (C=N–C) groups is 1. The van der Waals surface area contributed by atoms with Gasteiger partial charge in [0.2, 0.25) is 0 Å². The summed E-state index contributed by atoms with van der Waals surface area (Å²) >= 11 is 0. The highest BCUT2D eigenvalue weighted by Gasteiger charge is 2.18. The van der Waals surface area contributed by atoms with Crippen molar-refractivity contribution in [3.8, 4) is 0 Å². The van der Waals surface area contributed by atoms with Gasteiger partial charge in [-0.05, 0) is 56.0 Å². The first-order valence-electron chi connectivity index (χ1n) is 9.03. The molecule has 1 heterocycles. The van der Waals surface area contributed by atoms with E-state index in [4.69, 9.17) is 4.74 Å². The van der Waals surface area contributed by atoms with Gasteiger partial charge in [0.1, 0.15) is 5.82 Å². The molecule has 0 aliphatic carbocycles. The standard InChI is InChI=1S/C19H31FN4O.HI/c1-15-4-5-17(12-18(15)20)14-23-19(21-2)22-13-16-6-8-24(9-7-16)10-11-25-3;/h4-5,12,16H,6-11,13-14H2,1-3H3,(H2,21,22,23);1H. The first kappa shape index (κ1) is 23.1.